The van der Waals surface area contributed by atoms with Crippen LogP contribution in [0.25, 0.3) is 0 Å². The molecule has 0 bridgehead atoms. The van der Waals surface area contributed by atoms with E-state index in [4.69, 9.17) is 21.4 Å². The van der Waals surface area contributed by atoms with Crippen molar-refractivity contribution < 1.29 is 14.6 Å². The Kier molecular flexibility index (Phi) is 6.29. The Balaban J connectivity index is 1.81. The van der Waals surface area contributed by atoms with Gasteiger partial charge in [-0.1, -0.05) is 18.5 Å². The first kappa shape index (κ1) is 17.2. The molecule has 0 amide bonds. The number of carboxylic acids is 1. The average Bonchev–Trinajstić information content (AvgIpc) is 2.56. The van der Waals surface area contributed by atoms with Gasteiger partial charge in [0.2, 0.25) is 0 Å². The van der Waals surface area contributed by atoms with Crippen molar-refractivity contribution in [3.05, 3.63) is 59.1 Å². The first-order chi connectivity index (χ1) is 11.1. The molecule has 2 aromatic rings. The molecule has 5 heteroatoms. The zero-order valence-corrected chi connectivity index (χ0v) is 13.7. The molecule has 4 nitrogen and oxygen atoms in total. The molecule has 0 aromatic heterocycles. The van der Waals surface area contributed by atoms with Gasteiger partial charge in [-0.2, -0.15) is 0 Å². The molecule has 2 rings (SSSR count). The van der Waals surface area contributed by atoms with Crippen molar-refractivity contribution in [3.8, 4) is 5.75 Å². The normalized spacial score (nSPS) is 11.7. The van der Waals surface area contributed by atoms with Crippen LogP contribution in [0.1, 0.15) is 30.1 Å². The van der Waals surface area contributed by atoms with E-state index in [0.717, 1.165) is 23.6 Å². The molecule has 0 aliphatic carbocycles. The number of aromatic carboxylic acids is 1. The molecule has 122 valence electrons. The number of carbonyl (C=O) groups is 1. The van der Waals surface area contributed by atoms with Crippen molar-refractivity contribution in [1.82, 2.24) is 0 Å². The van der Waals surface area contributed by atoms with Crippen molar-refractivity contribution in [3.63, 3.8) is 0 Å². The highest BCUT2D eigenvalue weighted by atomic mass is 35.5. The molecular weight excluding hydrogens is 314 g/mol. The minimum absolute atomic E-state index is 0.258. The Morgan fingerprint density at radius 3 is 2.39 bits per heavy atom. The highest BCUT2D eigenvalue weighted by Gasteiger charge is 2.07. The summed E-state index contributed by atoms with van der Waals surface area (Å²) in [5.74, 6) is -0.258. The van der Waals surface area contributed by atoms with Gasteiger partial charge in [-0.05, 0) is 55.0 Å². The second kappa shape index (κ2) is 8.44. The number of carboxylic acid groups (broad SMARTS) is 1. The number of rotatable bonds is 8. The highest BCUT2D eigenvalue weighted by molar-refractivity contribution is 6.30. The Hall–Kier alpha value is -2.20. The van der Waals surface area contributed by atoms with Crippen LogP contribution in [0.2, 0.25) is 5.02 Å². The number of anilines is 1. The number of halogens is 1. The molecule has 1 atom stereocenters. The van der Waals surface area contributed by atoms with Gasteiger partial charge < -0.3 is 15.2 Å². The fourth-order valence-electron chi connectivity index (χ4n) is 2.17. The smallest absolute Gasteiger partial charge is 0.335 e. The van der Waals surface area contributed by atoms with Gasteiger partial charge in [0, 0.05) is 23.2 Å². The lowest BCUT2D eigenvalue weighted by molar-refractivity contribution is 0.0697. The Morgan fingerprint density at radius 1 is 1.17 bits per heavy atom. The lowest BCUT2D eigenvalue weighted by Gasteiger charge is -2.18. The number of hydrogen-bond acceptors (Lipinski definition) is 3. The standard InChI is InChI=1S/C18H20ClNO3/c1-2-15(20-16-7-5-14(19)6-8-16)11-12-23-17-9-3-13(4-10-17)18(21)22/h3-10,15,20H,2,11-12H2,1H3,(H,21,22). The van der Waals surface area contributed by atoms with Gasteiger partial charge in [-0.15, -0.1) is 0 Å². The van der Waals surface area contributed by atoms with Gasteiger partial charge in [0.15, 0.2) is 0 Å². The molecule has 0 radical (unpaired) electrons. The zero-order chi connectivity index (χ0) is 16.7. The summed E-state index contributed by atoms with van der Waals surface area (Å²) in [6.07, 6.45) is 1.82. The second-order valence-electron chi connectivity index (χ2n) is 5.22. The zero-order valence-electron chi connectivity index (χ0n) is 13.0. The quantitative estimate of drug-likeness (QED) is 0.735. The first-order valence-electron chi connectivity index (χ1n) is 7.56. The van der Waals surface area contributed by atoms with Crippen LogP contribution in [0.15, 0.2) is 48.5 Å². The molecule has 0 fully saturated rings. The van der Waals surface area contributed by atoms with E-state index in [-0.39, 0.29) is 5.56 Å². The van der Waals surface area contributed by atoms with E-state index in [2.05, 4.69) is 12.2 Å². The maximum atomic E-state index is 10.8. The number of ether oxygens (including phenoxy) is 1. The van der Waals surface area contributed by atoms with E-state index < -0.39 is 5.97 Å². The van der Waals surface area contributed by atoms with E-state index in [1.165, 1.54) is 0 Å². The highest BCUT2D eigenvalue weighted by Crippen LogP contribution is 2.17. The van der Waals surface area contributed by atoms with Crippen LogP contribution in [-0.2, 0) is 0 Å². The summed E-state index contributed by atoms with van der Waals surface area (Å²) in [5, 5.41) is 13.0. The Labute approximate surface area is 141 Å². The van der Waals surface area contributed by atoms with Crippen LogP contribution in [0.3, 0.4) is 0 Å². The summed E-state index contributed by atoms with van der Waals surface area (Å²) < 4.78 is 5.68. The number of benzene rings is 2. The van der Waals surface area contributed by atoms with Crippen LogP contribution in [0.4, 0.5) is 5.69 Å². The second-order valence-corrected chi connectivity index (χ2v) is 5.66. The summed E-state index contributed by atoms with van der Waals surface area (Å²) in [5.41, 5.74) is 1.29. The van der Waals surface area contributed by atoms with Crippen molar-refractivity contribution in [1.29, 1.82) is 0 Å². The monoisotopic (exact) mass is 333 g/mol. The van der Waals surface area contributed by atoms with Gasteiger partial charge in [0.05, 0.1) is 12.2 Å². The summed E-state index contributed by atoms with van der Waals surface area (Å²) in [6.45, 7) is 2.68. The molecule has 0 spiro atoms. The summed E-state index contributed by atoms with van der Waals surface area (Å²) in [7, 11) is 0. The van der Waals surface area contributed by atoms with E-state index >= 15 is 0 Å². The maximum Gasteiger partial charge on any atom is 0.335 e. The molecule has 1 unspecified atom stereocenters. The van der Waals surface area contributed by atoms with Gasteiger partial charge in [-0.25, -0.2) is 4.79 Å². The van der Waals surface area contributed by atoms with Crippen LogP contribution in [0, 0.1) is 0 Å². The van der Waals surface area contributed by atoms with Crippen LogP contribution < -0.4 is 10.1 Å². The fraction of sp³-hybridized carbons (Fsp3) is 0.278. The van der Waals surface area contributed by atoms with Crippen molar-refractivity contribution in [2.45, 2.75) is 25.8 Å². The Morgan fingerprint density at radius 2 is 1.83 bits per heavy atom. The largest absolute Gasteiger partial charge is 0.494 e. The first-order valence-corrected chi connectivity index (χ1v) is 7.94. The van der Waals surface area contributed by atoms with Gasteiger partial charge >= 0.3 is 5.97 Å². The van der Waals surface area contributed by atoms with E-state index in [9.17, 15) is 4.79 Å². The topological polar surface area (TPSA) is 58.6 Å². The average molecular weight is 334 g/mol. The summed E-state index contributed by atoms with van der Waals surface area (Å²) >= 11 is 5.88. The lowest BCUT2D eigenvalue weighted by atomic mass is 10.1. The molecule has 0 heterocycles. The molecular formula is C18H20ClNO3. The van der Waals surface area contributed by atoms with Crippen LogP contribution in [-0.4, -0.2) is 23.7 Å². The van der Waals surface area contributed by atoms with E-state index in [0.29, 0.717) is 18.4 Å². The van der Waals surface area contributed by atoms with Crippen LogP contribution >= 0.6 is 11.6 Å². The van der Waals surface area contributed by atoms with Crippen molar-refractivity contribution in [2.24, 2.45) is 0 Å². The van der Waals surface area contributed by atoms with E-state index in [1.807, 2.05) is 24.3 Å². The maximum absolute atomic E-state index is 10.8. The minimum atomic E-state index is -0.935. The molecule has 0 aliphatic rings. The molecule has 0 saturated heterocycles. The predicted octanol–water partition coefficient (Wildman–Crippen LogP) is 4.70. The van der Waals surface area contributed by atoms with Crippen LogP contribution in [0.5, 0.6) is 5.75 Å². The molecule has 2 aromatic carbocycles. The molecule has 23 heavy (non-hydrogen) atoms. The molecule has 0 aliphatic heterocycles. The third-order valence-corrected chi connectivity index (χ3v) is 3.80. The van der Waals surface area contributed by atoms with Crippen molar-refractivity contribution in [2.75, 3.05) is 11.9 Å². The van der Waals surface area contributed by atoms with Gasteiger partial charge in [0.25, 0.3) is 0 Å². The SMILES string of the molecule is CCC(CCOc1ccc(C(=O)O)cc1)Nc1ccc(Cl)cc1. The van der Waals surface area contributed by atoms with Gasteiger partial charge in [0.1, 0.15) is 5.75 Å². The Bertz CT molecular complexity index is 626. The third kappa shape index (κ3) is 5.49. The van der Waals surface area contributed by atoms with Crippen molar-refractivity contribution >= 4 is 23.3 Å². The van der Waals surface area contributed by atoms with E-state index in [1.54, 1.807) is 24.3 Å². The van der Waals surface area contributed by atoms with Gasteiger partial charge in [-0.3, -0.25) is 0 Å². The lowest BCUT2D eigenvalue weighted by Crippen LogP contribution is -2.21. The molecule has 0 saturated carbocycles. The number of nitrogens with one attached hydrogen (secondary N) is 1. The molecule has 2 N–H and O–H groups in total. The predicted molar refractivity (Wildman–Crippen MR) is 92.7 cm³/mol. The summed E-state index contributed by atoms with van der Waals surface area (Å²) in [6, 6.07) is 14.4. The summed E-state index contributed by atoms with van der Waals surface area (Å²) in [4.78, 5) is 10.8. The third-order valence-electron chi connectivity index (χ3n) is 3.54. The number of hydrogen-bond donors (Lipinski definition) is 2. The fourth-order valence-corrected chi connectivity index (χ4v) is 2.30. The minimum Gasteiger partial charge on any atom is -0.494 e.